The minimum atomic E-state index is -0.0589. The van der Waals surface area contributed by atoms with Crippen LogP contribution in [0.3, 0.4) is 0 Å². The molecule has 1 aromatic rings. The molecule has 1 atom stereocenters. The van der Waals surface area contributed by atoms with E-state index in [1.165, 1.54) is 11.5 Å². The van der Waals surface area contributed by atoms with Crippen molar-refractivity contribution in [1.29, 1.82) is 0 Å². The summed E-state index contributed by atoms with van der Waals surface area (Å²) < 4.78 is 3.83. The molecule has 0 saturated heterocycles. The van der Waals surface area contributed by atoms with Crippen LogP contribution in [0.4, 0.5) is 0 Å². The van der Waals surface area contributed by atoms with Gasteiger partial charge in [0.2, 0.25) is 0 Å². The molecule has 1 N–H and O–H groups in total. The van der Waals surface area contributed by atoms with Crippen LogP contribution < -0.4 is 5.32 Å². The van der Waals surface area contributed by atoms with Gasteiger partial charge in [0.1, 0.15) is 4.88 Å². The fourth-order valence-electron chi connectivity index (χ4n) is 1.21. The van der Waals surface area contributed by atoms with E-state index in [0.29, 0.717) is 16.2 Å². The van der Waals surface area contributed by atoms with Crippen molar-refractivity contribution < 1.29 is 4.79 Å². The van der Waals surface area contributed by atoms with Crippen LogP contribution in [0.1, 0.15) is 42.1 Å². The Morgan fingerprint density at radius 1 is 1.56 bits per heavy atom. The first-order valence-electron chi connectivity index (χ1n) is 5.42. The largest absolute Gasteiger partial charge is 0.350 e. The van der Waals surface area contributed by atoms with Crippen molar-refractivity contribution in [3.63, 3.8) is 0 Å². The van der Waals surface area contributed by atoms with E-state index in [9.17, 15) is 4.79 Å². The molecule has 0 spiro atoms. The lowest BCUT2D eigenvalue weighted by Crippen LogP contribution is -2.29. The van der Waals surface area contributed by atoms with Gasteiger partial charge in [0.15, 0.2) is 0 Å². The average molecular weight is 306 g/mol. The van der Waals surface area contributed by atoms with Crippen molar-refractivity contribution in [3.05, 3.63) is 10.6 Å². The number of hydrogen-bond donors (Lipinski definition) is 1. The number of amides is 1. The molecule has 1 heterocycles. The number of carbonyl (C=O) groups is 1. The smallest absolute Gasteiger partial charge is 0.264 e. The second-order valence-electron chi connectivity index (χ2n) is 3.51. The Morgan fingerprint density at radius 3 is 2.94 bits per heavy atom. The summed E-state index contributed by atoms with van der Waals surface area (Å²) in [6, 6.07) is 0. The highest BCUT2D eigenvalue weighted by Gasteiger charge is 2.15. The number of hydrogen-bond acceptors (Lipinski definition) is 4. The summed E-state index contributed by atoms with van der Waals surface area (Å²) in [6.07, 6.45) is 2.77. The van der Waals surface area contributed by atoms with Crippen molar-refractivity contribution in [3.8, 4) is 0 Å². The van der Waals surface area contributed by atoms with Crippen LogP contribution in [0, 0.1) is 0 Å². The summed E-state index contributed by atoms with van der Waals surface area (Å²) in [4.78, 5) is 12.8. The first kappa shape index (κ1) is 13.6. The molecule has 0 aliphatic carbocycles. The second kappa shape index (κ2) is 6.96. The molecule has 0 aromatic carbocycles. The maximum atomic E-state index is 11.8. The standard InChI is InChI=1S/C10H16BrN3OS/c1-3-5-8-9(16-14-13-8)10(15)12-6-7(11)4-2/h7H,3-6H2,1-2H3,(H,12,15). The van der Waals surface area contributed by atoms with Crippen molar-refractivity contribution in [1.82, 2.24) is 14.9 Å². The van der Waals surface area contributed by atoms with Crippen LogP contribution in [0.15, 0.2) is 0 Å². The average Bonchev–Trinajstić information content (AvgIpc) is 2.74. The predicted molar refractivity (Wildman–Crippen MR) is 69.2 cm³/mol. The predicted octanol–water partition coefficient (Wildman–Crippen LogP) is 2.39. The summed E-state index contributed by atoms with van der Waals surface area (Å²) in [7, 11) is 0. The van der Waals surface area contributed by atoms with Gasteiger partial charge in [-0.1, -0.05) is 40.7 Å². The summed E-state index contributed by atoms with van der Waals surface area (Å²) in [5, 5.41) is 6.85. The second-order valence-corrected chi connectivity index (χ2v) is 5.56. The van der Waals surface area contributed by atoms with Crippen LogP contribution >= 0.6 is 27.5 Å². The lowest BCUT2D eigenvalue weighted by molar-refractivity contribution is 0.0957. The van der Waals surface area contributed by atoms with Crippen molar-refractivity contribution in [2.24, 2.45) is 0 Å². The third kappa shape index (κ3) is 3.83. The lowest BCUT2D eigenvalue weighted by Gasteiger charge is -2.07. The Bertz CT molecular complexity index is 343. The maximum absolute atomic E-state index is 11.8. The highest BCUT2D eigenvalue weighted by molar-refractivity contribution is 9.09. The Balaban J connectivity index is 2.55. The molecular formula is C10H16BrN3OS. The molecule has 6 heteroatoms. The number of aryl methyl sites for hydroxylation is 1. The van der Waals surface area contributed by atoms with Gasteiger partial charge in [0.25, 0.3) is 5.91 Å². The van der Waals surface area contributed by atoms with Crippen molar-refractivity contribution in [2.75, 3.05) is 6.54 Å². The van der Waals surface area contributed by atoms with Crippen LogP contribution in [0.25, 0.3) is 0 Å². The van der Waals surface area contributed by atoms with E-state index >= 15 is 0 Å². The zero-order chi connectivity index (χ0) is 12.0. The summed E-state index contributed by atoms with van der Waals surface area (Å²) in [6.45, 7) is 4.77. The van der Waals surface area contributed by atoms with Gasteiger partial charge in [-0.3, -0.25) is 4.79 Å². The molecule has 0 bridgehead atoms. The third-order valence-corrected chi connectivity index (χ3v) is 3.91. The number of aromatic nitrogens is 2. The molecule has 0 aliphatic rings. The monoisotopic (exact) mass is 305 g/mol. The van der Waals surface area contributed by atoms with E-state index in [4.69, 9.17) is 0 Å². The van der Waals surface area contributed by atoms with Crippen LogP contribution in [0.5, 0.6) is 0 Å². The molecule has 1 rings (SSSR count). The number of rotatable bonds is 6. The van der Waals surface area contributed by atoms with Crippen molar-refractivity contribution in [2.45, 2.75) is 37.9 Å². The molecule has 1 amide bonds. The maximum Gasteiger partial charge on any atom is 0.264 e. The van der Waals surface area contributed by atoms with Gasteiger partial charge < -0.3 is 5.32 Å². The Labute approximate surface area is 108 Å². The molecule has 16 heavy (non-hydrogen) atoms. The number of nitrogens with one attached hydrogen (secondary N) is 1. The van der Waals surface area contributed by atoms with Crippen LogP contribution in [-0.4, -0.2) is 26.9 Å². The van der Waals surface area contributed by atoms with E-state index in [0.717, 1.165) is 25.0 Å². The van der Waals surface area contributed by atoms with Gasteiger partial charge in [-0.2, -0.15) is 0 Å². The fourth-order valence-corrected chi connectivity index (χ4v) is 2.00. The quantitative estimate of drug-likeness (QED) is 0.821. The first-order chi connectivity index (χ1) is 7.69. The normalized spacial score (nSPS) is 12.4. The zero-order valence-corrected chi connectivity index (χ0v) is 11.9. The SMILES string of the molecule is CCCc1nnsc1C(=O)NCC(Br)CC. The lowest BCUT2D eigenvalue weighted by atomic mass is 10.2. The third-order valence-electron chi connectivity index (χ3n) is 2.18. The fraction of sp³-hybridized carbons (Fsp3) is 0.700. The number of nitrogens with zero attached hydrogens (tertiary/aromatic N) is 2. The van der Waals surface area contributed by atoms with E-state index in [1.54, 1.807) is 0 Å². The molecular weight excluding hydrogens is 290 g/mol. The summed E-state index contributed by atoms with van der Waals surface area (Å²) in [5.41, 5.74) is 0.813. The van der Waals surface area contributed by atoms with E-state index in [2.05, 4.69) is 44.7 Å². The highest BCUT2D eigenvalue weighted by Crippen LogP contribution is 2.12. The molecule has 0 aliphatic heterocycles. The van der Waals surface area contributed by atoms with Crippen molar-refractivity contribution >= 4 is 33.4 Å². The van der Waals surface area contributed by atoms with Gasteiger partial charge in [0.05, 0.1) is 5.69 Å². The molecule has 4 nitrogen and oxygen atoms in total. The van der Waals surface area contributed by atoms with Gasteiger partial charge >= 0.3 is 0 Å². The van der Waals surface area contributed by atoms with E-state index in [-0.39, 0.29) is 5.91 Å². The summed E-state index contributed by atoms with van der Waals surface area (Å²) in [5.74, 6) is -0.0589. The van der Waals surface area contributed by atoms with Gasteiger partial charge in [-0.05, 0) is 24.4 Å². The topological polar surface area (TPSA) is 54.9 Å². The first-order valence-corrected chi connectivity index (χ1v) is 7.11. The zero-order valence-electron chi connectivity index (χ0n) is 9.49. The molecule has 1 unspecified atom stereocenters. The molecule has 0 saturated carbocycles. The molecule has 1 aromatic heterocycles. The van der Waals surface area contributed by atoms with Gasteiger partial charge in [-0.15, -0.1) is 5.10 Å². The van der Waals surface area contributed by atoms with E-state index in [1.807, 2.05) is 0 Å². The Hall–Kier alpha value is -0.490. The minimum absolute atomic E-state index is 0.0589. The number of carbonyl (C=O) groups excluding carboxylic acids is 1. The highest BCUT2D eigenvalue weighted by atomic mass is 79.9. The number of alkyl halides is 1. The van der Waals surface area contributed by atoms with E-state index < -0.39 is 0 Å². The van der Waals surface area contributed by atoms with Crippen LogP contribution in [0.2, 0.25) is 0 Å². The minimum Gasteiger partial charge on any atom is -0.350 e. The molecule has 0 radical (unpaired) electrons. The van der Waals surface area contributed by atoms with Gasteiger partial charge in [-0.25, -0.2) is 0 Å². The Kier molecular flexibility index (Phi) is 5.90. The van der Waals surface area contributed by atoms with Crippen LogP contribution in [-0.2, 0) is 6.42 Å². The number of halogens is 1. The Morgan fingerprint density at radius 2 is 2.31 bits per heavy atom. The molecule has 90 valence electrons. The molecule has 0 fully saturated rings. The van der Waals surface area contributed by atoms with Gasteiger partial charge in [0, 0.05) is 11.4 Å². The summed E-state index contributed by atoms with van der Waals surface area (Å²) >= 11 is 4.64.